The van der Waals surface area contributed by atoms with Crippen molar-refractivity contribution in [2.75, 3.05) is 5.32 Å². The number of nitrogens with zero attached hydrogens (tertiary/aromatic N) is 1. The number of carbonyl (C=O) groups excluding carboxylic acids is 1. The van der Waals surface area contributed by atoms with E-state index < -0.39 is 5.91 Å². The van der Waals surface area contributed by atoms with Crippen LogP contribution in [-0.4, -0.2) is 15.9 Å². The second kappa shape index (κ2) is 5.20. The highest BCUT2D eigenvalue weighted by Crippen LogP contribution is 2.32. The number of nitrogens with one attached hydrogen (secondary N) is 2. The van der Waals surface area contributed by atoms with Crippen LogP contribution in [0.3, 0.4) is 0 Å². The first-order valence-electron chi connectivity index (χ1n) is 6.61. The molecule has 1 aliphatic rings. The summed E-state index contributed by atoms with van der Waals surface area (Å²) in [6.45, 7) is 2.23. The normalized spacial score (nSPS) is 17.6. The Hall–Kier alpha value is -1.95. The van der Waals surface area contributed by atoms with Gasteiger partial charge in [0.1, 0.15) is 5.56 Å². The van der Waals surface area contributed by atoms with Crippen molar-refractivity contribution in [1.82, 2.24) is 9.97 Å². The van der Waals surface area contributed by atoms with Crippen molar-refractivity contribution >= 4 is 22.4 Å². The minimum absolute atomic E-state index is 0.106. The molecule has 0 spiro atoms. The summed E-state index contributed by atoms with van der Waals surface area (Å²) in [5.74, 6) is 0.259. The average molecular weight is 289 g/mol. The van der Waals surface area contributed by atoms with Gasteiger partial charge in [-0.1, -0.05) is 6.92 Å². The fraction of sp³-hybridized carbons (Fsp3) is 0.357. The number of aryl methyl sites for hydroxylation is 1. The molecule has 2 heterocycles. The maximum Gasteiger partial charge on any atom is 0.263 e. The van der Waals surface area contributed by atoms with Crippen LogP contribution < -0.4 is 10.9 Å². The second-order valence-corrected chi connectivity index (χ2v) is 6.19. The molecule has 0 saturated heterocycles. The van der Waals surface area contributed by atoms with Gasteiger partial charge < -0.3 is 4.98 Å². The Balaban J connectivity index is 1.80. The lowest BCUT2D eigenvalue weighted by Crippen LogP contribution is -2.22. The van der Waals surface area contributed by atoms with E-state index in [2.05, 4.69) is 22.2 Å². The third kappa shape index (κ3) is 2.51. The molecule has 0 bridgehead atoms. The first-order chi connectivity index (χ1) is 9.63. The molecule has 2 aromatic heterocycles. The summed E-state index contributed by atoms with van der Waals surface area (Å²) < 4.78 is 0. The van der Waals surface area contributed by atoms with Gasteiger partial charge in [0.25, 0.3) is 11.5 Å². The molecular formula is C14H15N3O2S. The SMILES string of the molecule is C[C@@H]1CCc2nc(NC(=O)c3ccc[nH]c3=O)sc2C1. The summed E-state index contributed by atoms with van der Waals surface area (Å²) in [5, 5.41) is 3.30. The Morgan fingerprint density at radius 1 is 1.55 bits per heavy atom. The van der Waals surface area contributed by atoms with E-state index in [1.54, 1.807) is 6.07 Å². The van der Waals surface area contributed by atoms with Gasteiger partial charge >= 0.3 is 0 Å². The first kappa shape index (κ1) is 13.1. The number of hydrogen-bond acceptors (Lipinski definition) is 4. The standard InChI is InChI=1S/C14H15N3O2S/c1-8-4-5-10-11(7-8)20-14(16-10)17-13(19)9-3-2-6-15-12(9)18/h2-3,6,8H,4-5,7H2,1H3,(H,15,18)(H,16,17,19)/t8-/m1/s1. The highest BCUT2D eigenvalue weighted by atomic mass is 32.1. The molecule has 0 saturated carbocycles. The van der Waals surface area contributed by atoms with Crippen LogP contribution in [0.25, 0.3) is 0 Å². The monoisotopic (exact) mass is 289 g/mol. The van der Waals surface area contributed by atoms with E-state index in [4.69, 9.17) is 0 Å². The Bertz CT molecular complexity index is 704. The number of anilines is 1. The molecule has 0 radical (unpaired) electrons. The lowest BCUT2D eigenvalue weighted by molar-refractivity contribution is 0.102. The van der Waals surface area contributed by atoms with Gasteiger partial charge in [-0.3, -0.25) is 14.9 Å². The lowest BCUT2D eigenvalue weighted by atomic mass is 9.93. The van der Waals surface area contributed by atoms with E-state index in [1.165, 1.54) is 28.5 Å². The number of rotatable bonds is 2. The predicted molar refractivity (Wildman–Crippen MR) is 78.3 cm³/mol. The minimum Gasteiger partial charge on any atom is -0.328 e. The molecule has 6 heteroatoms. The summed E-state index contributed by atoms with van der Waals surface area (Å²) >= 11 is 1.51. The quantitative estimate of drug-likeness (QED) is 0.890. The number of fused-ring (bicyclic) bond motifs is 1. The van der Waals surface area contributed by atoms with E-state index in [-0.39, 0.29) is 11.1 Å². The molecule has 5 nitrogen and oxygen atoms in total. The number of hydrogen-bond donors (Lipinski definition) is 2. The van der Waals surface area contributed by atoms with Gasteiger partial charge in [-0.05, 0) is 37.3 Å². The van der Waals surface area contributed by atoms with Crippen LogP contribution in [0, 0.1) is 5.92 Å². The number of H-pyrrole nitrogens is 1. The third-order valence-electron chi connectivity index (χ3n) is 3.47. The van der Waals surface area contributed by atoms with E-state index in [1.807, 2.05) is 0 Å². The number of pyridine rings is 1. The van der Waals surface area contributed by atoms with E-state index in [9.17, 15) is 9.59 Å². The second-order valence-electron chi connectivity index (χ2n) is 5.10. The van der Waals surface area contributed by atoms with Crippen LogP contribution in [0.4, 0.5) is 5.13 Å². The average Bonchev–Trinajstić information content (AvgIpc) is 2.80. The summed E-state index contributed by atoms with van der Waals surface area (Å²) in [5.41, 5.74) is 0.805. The van der Waals surface area contributed by atoms with Crippen LogP contribution in [0.1, 0.15) is 34.3 Å². The number of thiazole rings is 1. The zero-order valence-corrected chi connectivity index (χ0v) is 11.9. The fourth-order valence-corrected chi connectivity index (χ4v) is 3.52. The van der Waals surface area contributed by atoms with Gasteiger partial charge in [0.2, 0.25) is 0 Å². The van der Waals surface area contributed by atoms with Gasteiger partial charge in [-0.15, -0.1) is 11.3 Å². The molecule has 2 aromatic rings. The summed E-state index contributed by atoms with van der Waals surface area (Å²) in [4.78, 5) is 31.8. The lowest BCUT2D eigenvalue weighted by Gasteiger charge is -2.15. The molecule has 0 aliphatic heterocycles. The topological polar surface area (TPSA) is 74.8 Å². The van der Waals surface area contributed by atoms with Crippen molar-refractivity contribution in [3.8, 4) is 0 Å². The van der Waals surface area contributed by atoms with Gasteiger partial charge in [0, 0.05) is 11.1 Å². The van der Waals surface area contributed by atoms with Crippen LogP contribution in [0.5, 0.6) is 0 Å². The summed E-state index contributed by atoms with van der Waals surface area (Å²) in [7, 11) is 0. The highest BCUT2D eigenvalue weighted by molar-refractivity contribution is 7.15. The molecule has 3 rings (SSSR count). The molecule has 0 unspecified atom stereocenters. The van der Waals surface area contributed by atoms with Crippen LogP contribution in [0.15, 0.2) is 23.1 Å². The fourth-order valence-electron chi connectivity index (χ4n) is 2.36. The van der Waals surface area contributed by atoms with Crippen molar-refractivity contribution < 1.29 is 4.79 Å². The number of aromatic nitrogens is 2. The highest BCUT2D eigenvalue weighted by Gasteiger charge is 2.21. The summed E-state index contributed by atoms with van der Waals surface area (Å²) in [6, 6.07) is 3.13. The van der Waals surface area contributed by atoms with E-state index in [0.29, 0.717) is 11.0 Å². The Morgan fingerprint density at radius 2 is 2.40 bits per heavy atom. The van der Waals surface area contributed by atoms with Gasteiger partial charge in [0.15, 0.2) is 5.13 Å². The van der Waals surface area contributed by atoms with Crippen LogP contribution in [-0.2, 0) is 12.8 Å². The maximum absolute atomic E-state index is 12.0. The van der Waals surface area contributed by atoms with Crippen LogP contribution >= 0.6 is 11.3 Å². The number of amides is 1. The smallest absolute Gasteiger partial charge is 0.263 e. The molecule has 1 aliphatic carbocycles. The molecule has 20 heavy (non-hydrogen) atoms. The van der Waals surface area contributed by atoms with E-state index >= 15 is 0 Å². The first-order valence-corrected chi connectivity index (χ1v) is 7.43. The van der Waals surface area contributed by atoms with Crippen molar-refractivity contribution in [3.05, 3.63) is 44.8 Å². The van der Waals surface area contributed by atoms with Gasteiger partial charge in [-0.2, -0.15) is 0 Å². The number of carbonyl (C=O) groups is 1. The van der Waals surface area contributed by atoms with Crippen LogP contribution in [0.2, 0.25) is 0 Å². The third-order valence-corrected chi connectivity index (χ3v) is 4.50. The zero-order chi connectivity index (χ0) is 14.1. The van der Waals surface area contributed by atoms with E-state index in [0.717, 1.165) is 25.0 Å². The predicted octanol–water partition coefficient (Wildman–Crippen LogP) is 2.21. The Morgan fingerprint density at radius 3 is 3.20 bits per heavy atom. The molecular weight excluding hydrogens is 274 g/mol. The molecule has 104 valence electrons. The molecule has 1 atom stereocenters. The Labute approximate surface area is 120 Å². The largest absolute Gasteiger partial charge is 0.328 e. The van der Waals surface area contributed by atoms with Gasteiger partial charge in [0.05, 0.1) is 5.69 Å². The minimum atomic E-state index is -0.411. The van der Waals surface area contributed by atoms with Crippen molar-refractivity contribution in [2.24, 2.45) is 5.92 Å². The molecule has 2 N–H and O–H groups in total. The van der Waals surface area contributed by atoms with Gasteiger partial charge in [-0.25, -0.2) is 4.98 Å². The maximum atomic E-state index is 12.0. The molecule has 0 aromatic carbocycles. The molecule has 1 amide bonds. The number of aromatic amines is 1. The van der Waals surface area contributed by atoms with Crippen molar-refractivity contribution in [3.63, 3.8) is 0 Å². The Kier molecular flexibility index (Phi) is 3.40. The zero-order valence-electron chi connectivity index (χ0n) is 11.1. The summed E-state index contributed by atoms with van der Waals surface area (Å²) in [6.07, 6.45) is 4.63. The van der Waals surface area contributed by atoms with Crippen molar-refractivity contribution in [1.29, 1.82) is 0 Å². The van der Waals surface area contributed by atoms with Crippen molar-refractivity contribution in [2.45, 2.75) is 26.2 Å². The molecule has 0 fully saturated rings.